The largest absolute Gasteiger partial charge is 0.324 e. The van der Waals surface area contributed by atoms with Crippen molar-refractivity contribution in [3.05, 3.63) is 42.0 Å². The summed E-state index contributed by atoms with van der Waals surface area (Å²) in [6.07, 6.45) is 5.09. The summed E-state index contributed by atoms with van der Waals surface area (Å²) in [5.41, 5.74) is 6.94. The fourth-order valence-corrected chi connectivity index (χ4v) is 0.935. The monoisotopic (exact) mass is 161 g/mol. The molecule has 1 aromatic rings. The summed E-state index contributed by atoms with van der Waals surface area (Å²) < 4.78 is 0. The second-order valence-electron chi connectivity index (χ2n) is 2.84. The Morgan fingerprint density at radius 2 is 2.00 bits per heavy atom. The van der Waals surface area contributed by atoms with E-state index < -0.39 is 0 Å². The van der Waals surface area contributed by atoms with Crippen molar-refractivity contribution in [3.63, 3.8) is 0 Å². The molecule has 1 unspecified atom stereocenters. The first-order valence-electron chi connectivity index (χ1n) is 4.31. The fraction of sp³-hybridized carbons (Fsp3) is 0.273. The summed E-state index contributed by atoms with van der Waals surface area (Å²) in [6.45, 7) is 2.08. The molecule has 1 rings (SSSR count). The molecule has 0 heterocycles. The predicted octanol–water partition coefficient (Wildman–Crippen LogP) is 2.44. The van der Waals surface area contributed by atoms with Crippen LogP contribution in [-0.2, 0) is 0 Å². The van der Waals surface area contributed by atoms with Crippen molar-refractivity contribution >= 4 is 6.08 Å². The molecule has 0 saturated carbocycles. The Hall–Kier alpha value is -1.08. The minimum absolute atomic E-state index is 0.185. The maximum atomic E-state index is 5.73. The van der Waals surface area contributed by atoms with Gasteiger partial charge in [0.15, 0.2) is 0 Å². The molecule has 1 heteroatoms. The molecule has 0 fully saturated rings. The van der Waals surface area contributed by atoms with Gasteiger partial charge in [-0.15, -0.1) is 0 Å². The van der Waals surface area contributed by atoms with Crippen LogP contribution in [0.5, 0.6) is 0 Å². The molecule has 0 aliphatic heterocycles. The average molecular weight is 161 g/mol. The number of hydrogen-bond donors (Lipinski definition) is 1. The maximum Gasteiger partial charge on any atom is 0.0224 e. The van der Waals surface area contributed by atoms with Crippen LogP contribution in [0.1, 0.15) is 18.9 Å². The van der Waals surface area contributed by atoms with Gasteiger partial charge in [0.05, 0.1) is 0 Å². The first-order chi connectivity index (χ1) is 5.83. The number of nitrogens with two attached hydrogens (primary N) is 1. The third kappa shape index (κ3) is 2.89. The zero-order valence-corrected chi connectivity index (χ0v) is 7.40. The Kier molecular flexibility index (Phi) is 3.55. The van der Waals surface area contributed by atoms with Crippen LogP contribution in [-0.4, -0.2) is 6.04 Å². The molecule has 12 heavy (non-hydrogen) atoms. The van der Waals surface area contributed by atoms with Gasteiger partial charge < -0.3 is 5.73 Å². The highest BCUT2D eigenvalue weighted by molar-refractivity contribution is 5.49. The van der Waals surface area contributed by atoms with Gasteiger partial charge in [-0.1, -0.05) is 49.4 Å². The average Bonchev–Trinajstić information content (AvgIpc) is 2.16. The van der Waals surface area contributed by atoms with Gasteiger partial charge in [-0.05, 0) is 12.0 Å². The molecule has 0 radical (unpaired) electrons. The van der Waals surface area contributed by atoms with Gasteiger partial charge in [-0.3, -0.25) is 0 Å². The van der Waals surface area contributed by atoms with Crippen molar-refractivity contribution < 1.29 is 0 Å². The van der Waals surface area contributed by atoms with E-state index in [1.165, 1.54) is 5.56 Å². The Bertz CT molecular complexity index is 238. The number of hydrogen-bond acceptors (Lipinski definition) is 1. The van der Waals surface area contributed by atoms with Crippen molar-refractivity contribution in [1.82, 2.24) is 0 Å². The summed E-state index contributed by atoms with van der Waals surface area (Å²) in [7, 11) is 0. The molecule has 1 atom stereocenters. The fourth-order valence-electron chi connectivity index (χ4n) is 0.935. The lowest BCUT2D eigenvalue weighted by molar-refractivity contribution is 0.785. The van der Waals surface area contributed by atoms with Crippen molar-refractivity contribution in [3.8, 4) is 0 Å². The van der Waals surface area contributed by atoms with E-state index in [0.29, 0.717) is 0 Å². The summed E-state index contributed by atoms with van der Waals surface area (Å²) in [4.78, 5) is 0. The summed E-state index contributed by atoms with van der Waals surface area (Å²) in [5, 5.41) is 0. The SMILES string of the molecule is CCC(N)/C=C/c1ccccc1. The Morgan fingerprint density at radius 3 is 2.58 bits per heavy atom. The topological polar surface area (TPSA) is 26.0 Å². The molecule has 0 aromatic heterocycles. The second-order valence-corrected chi connectivity index (χ2v) is 2.84. The molecule has 0 saturated heterocycles. The highest BCUT2D eigenvalue weighted by Crippen LogP contribution is 2.02. The molecular weight excluding hydrogens is 146 g/mol. The van der Waals surface area contributed by atoms with E-state index in [2.05, 4.69) is 25.1 Å². The third-order valence-corrected chi connectivity index (χ3v) is 1.81. The number of benzene rings is 1. The van der Waals surface area contributed by atoms with Gasteiger partial charge in [0, 0.05) is 6.04 Å². The van der Waals surface area contributed by atoms with E-state index in [9.17, 15) is 0 Å². The van der Waals surface area contributed by atoms with Crippen LogP contribution in [0.4, 0.5) is 0 Å². The molecular formula is C11H15N. The van der Waals surface area contributed by atoms with Gasteiger partial charge in [0.2, 0.25) is 0 Å². The smallest absolute Gasteiger partial charge is 0.0224 e. The number of rotatable bonds is 3. The minimum atomic E-state index is 0.185. The summed E-state index contributed by atoms with van der Waals surface area (Å²) in [6, 6.07) is 10.4. The molecule has 0 bridgehead atoms. The van der Waals surface area contributed by atoms with Gasteiger partial charge >= 0.3 is 0 Å². The highest BCUT2D eigenvalue weighted by Gasteiger charge is 1.90. The highest BCUT2D eigenvalue weighted by atomic mass is 14.6. The Morgan fingerprint density at radius 1 is 1.33 bits per heavy atom. The molecule has 2 N–H and O–H groups in total. The molecule has 0 aliphatic carbocycles. The van der Waals surface area contributed by atoms with Crippen LogP contribution in [0.25, 0.3) is 6.08 Å². The molecule has 0 spiro atoms. The third-order valence-electron chi connectivity index (χ3n) is 1.81. The lowest BCUT2D eigenvalue weighted by atomic mass is 10.1. The van der Waals surface area contributed by atoms with Gasteiger partial charge in [0.25, 0.3) is 0 Å². The van der Waals surface area contributed by atoms with E-state index >= 15 is 0 Å². The van der Waals surface area contributed by atoms with E-state index in [1.54, 1.807) is 0 Å². The van der Waals surface area contributed by atoms with Crippen LogP contribution >= 0.6 is 0 Å². The molecule has 1 aromatic carbocycles. The quantitative estimate of drug-likeness (QED) is 0.724. The lowest BCUT2D eigenvalue weighted by Gasteiger charge is -1.99. The molecule has 0 amide bonds. The summed E-state index contributed by atoms with van der Waals surface area (Å²) >= 11 is 0. The van der Waals surface area contributed by atoms with E-state index in [1.807, 2.05) is 24.3 Å². The van der Waals surface area contributed by atoms with E-state index in [-0.39, 0.29) is 6.04 Å². The van der Waals surface area contributed by atoms with Crippen molar-refractivity contribution in [1.29, 1.82) is 0 Å². The zero-order chi connectivity index (χ0) is 8.81. The zero-order valence-electron chi connectivity index (χ0n) is 7.40. The van der Waals surface area contributed by atoms with Crippen LogP contribution in [0.2, 0.25) is 0 Å². The predicted molar refractivity (Wildman–Crippen MR) is 53.7 cm³/mol. The first-order valence-corrected chi connectivity index (χ1v) is 4.31. The minimum Gasteiger partial charge on any atom is -0.324 e. The van der Waals surface area contributed by atoms with Crippen molar-refractivity contribution in [2.24, 2.45) is 5.73 Å². The first kappa shape index (κ1) is 9.01. The maximum absolute atomic E-state index is 5.73. The molecule has 1 nitrogen and oxygen atoms in total. The van der Waals surface area contributed by atoms with Crippen molar-refractivity contribution in [2.45, 2.75) is 19.4 Å². The molecule has 0 aliphatic rings. The van der Waals surface area contributed by atoms with Crippen LogP contribution < -0.4 is 5.73 Å². The van der Waals surface area contributed by atoms with Crippen LogP contribution in [0.3, 0.4) is 0 Å². The van der Waals surface area contributed by atoms with Gasteiger partial charge in [-0.25, -0.2) is 0 Å². The normalized spacial score (nSPS) is 13.5. The Labute approximate surface area is 73.9 Å². The Balaban J connectivity index is 2.58. The second kappa shape index (κ2) is 4.73. The van der Waals surface area contributed by atoms with Gasteiger partial charge in [0.1, 0.15) is 0 Å². The van der Waals surface area contributed by atoms with E-state index in [0.717, 1.165) is 6.42 Å². The summed E-state index contributed by atoms with van der Waals surface area (Å²) in [5.74, 6) is 0. The molecule has 64 valence electrons. The van der Waals surface area contributed by atoms with Crippen LogP contribution in [0, 0.1) is 0 Å². The standard InChI is InChI=1S/C11H15N/c1-2-11(12)9-8-10-6-4-3-5-7-10/h3-9,11H,2,12H2,1H3/b9-8+. The van der Waals surface area contributed by atoms with Crippen molar-refractivity contribution in [2.75, 3.05) is 0 Å². The lowest BCUT2D eigenvalue weighted by Crippen LogP contribution is -2.14. The van der Waals surface area contributed by atoms with E-state index in [4.69, 9.17) is 5.73 Å². The van der Waals surface area contributed by atoms with Gasteiger partial charge in [-0.2, -0.15) is 0 Å². The van der Waals surface area contributed by atoms with Crippen LogP contribution in [0.15, 0.2) is 36.4 Å².